The first kappa shape index (κ1) is 12.0. The maximum Gasteiger partial charge on any atom is 0.261 e. The molecule has 0 saturated carbocycles. The molecule has 1 aliphatic rings. The van der Waals surface area contributed by atoms with Crippen LogP contribution in [0.1, 0.15) is 26.3 Å². The lowest BCUT2D eigenvalue weighted by Crippen LogP contribution is -2.29. The third kappa shape index (κ3) is 2.06. The lowest BCUT2D eigenvalue weighted by Gasteiger charge is -2.13. The number of benzene rings is 1. The molecule has 0 N–H and O–H groups in total. The average molecular weight is 317 g/mol. The molecule has 0 atom stereocenters. The normalized spacial score (nSPS) is 13.8. The average Bonchev–Trinajstić information content (AvgIpc) is 2.65. The first-order chi connectivity index (χ1) is 9.16. The molecular weight excluding hydrogens is 308 g/mol. The van der Waals surface area contributed by atoms with E-state index in [4.69, 9.17) is 0 Å². The molecule has 94 valence electrons. The molecule has 0 radical (unpaired) electrons. The van der Waals surface area contributed by atoms with Crippen LogP contribution in [0.5, 0.6) is 0 Å². The van der Waals surface area contributed by atoms with E-state index >= 15 is 0 Å². The third-order valence-corrected chi connectivity index (χ3v) is 3.49. The number of amides is 2. The topological polar surface area (TPSA) is 50.3 Å². The molecule has 2 heterocycles. The fraction of sp³-hybridized carbons (Fsp3) is 0.0714. The molecule has 0 fully saturated rings. The summed E-state index contributed by atoms with van der Waals surface area (Å²) in [6.45, 7) is 0.248. The van der Waals surface area contributed by atoms with Crippen LogP contribution in [0.2, 0.25) is 0 Å². The highest BCUT2D eigenvalue weighted by atomic mass is 79.9. The molecule has 0 aliphatic carbocycles. The van der Waals surface area contributed by atoms with Gasteiger partial charge in [0.1, 0.15) is 0 Å². The molecule has 0 bridgehead atoms. The van der Waals surface area contributed by atoms with Crippen molar-refractivity contribution in [2.24, 2.45) is 0 Å². The van der Waals surface area contributed by atoms with Crippen LogP contribution in [-0.4, -0.2) is 21.7 Å². The Kier molecular flexibility index (Phi) is 2.91. The second-order valence-corrected chi connectivity index (χ2v) is 5.16. The number of hydrogen-bond acceptors (Lipinski definition) is 3. The number of pyridine rings is 1. The number of hydrogen-bond donors (Lipinski definition) is 0. The Morgan fingerprint density at radius 3 is 2.63 bits per heavy atom. The number of imide groups is 1. The van der Waals surface area contributed by atoms with Crippen molar-refractivity contribution < 1.29 is 9.59 Å². The van der Waals surface area contributed by atoms with Crippen LogP contribution in [0.25, 0.3) is 0 Å². The van der Waals surface area contributed by atoms with Crippen molar-refractivity contribution in [1.82, 2.24) is 9.88 Å². The Morgan fingerprint density at radius 1 is 1.11 bits per heavy atom. The minimum absolute atomic E-state index is 0.248. The summed E-state index contributed by atoms with van der Waals surface area (Å²) in [7, 11) is 0. The van der Waals surface area contributed by atoms with Crippen molar-refractivity contribution in [1.29, 1.82) is 0 Å². The molecule has 4 nitrogen and oxygen atoms in total. The standard InChI is InChI=1S/C14H9BrN2O2/c15-10-3-4-11-12(6-10)14(19)17(13(11)18)8-9-2-1-5-16-7-9/h1-7H,8H2. The minimum Gasteiger partial charge on any atom is -0.270 e. The Balaban J connectivity index is 1.95. The van der Waals surface area contributed by atoms with Gasteiger partial charge < -0.3 is 0 Å². The molecule has 2 aromatic rings. The van der Waals surface area contributed by atoms with Gasteiger partial charge in [-0.2, -0.15) is 0 Å². The predicted octanol–water partition coefficient (Wildman–Crippen LogP) is 2.64. The van der Waals surface area contributed by atoms with Gasteiger partial charge in [0, 0.05) is 16.9 Å². The van der Waals surface area contributed by atoms with E-state index < -0.39 is 0 Å². The number of carbonyl (C=O) groups excluding carboxylic acids is 2. The van der Waals surface area contributed by atoms with Gasteiger partial charge in [-0.1, -0.05) is 22.0 Å². The lowest BCUT2D eigenvalue weighted by atomic mass is 10.1. The van der Waals surface area contributed by atoms with Gasteiger partial charge in [-0.3, -0.25) is 19.5 Å². The molecule has 5 heteroatoms. The van der Waals surface area contributed by atoms with Crippen molar-refractivity contribution in [2.45, 2.75) is 6.54 Å². The zero-order chi connectivity index (χ0) is 13.4. The van der Waals surface area contributed by atoms with Crippen LogP contribution in [0, 0.1) is 0 Å². The van der Waals surface area contributed by atoms with Crippen molar-refractivity contribution in [3.05, 3.63) is 63.9 Å². The zero-order valence-corrected chi connectivity index (χ0v) is 11.4. The third-order valence-electron chi connectivity index (χ3n) is 3.00. The molecule has 1 aromatic heterocycles. The van der Waals surface area contributed by atoms with Gasteiger partial charge in [-0.15, -0.1) is 0 Å². The van der Waals surface area contributed by atoms with Gasteiger partial charge in [-0.25, -0.2) is 0 Å². The van der Waals surface area contributed by atoms with E-state index in [1.165, 1.54) is 4.90 Å². The first-order valence-corrected chi connectivity index (χ1v) is 6.51. The smallest absolute Gasteiger partial charge is 0.261 e. The van der Waals surface area contributed by atoms with E-state index in [2.05, 4.69) is 20.9 Å². The van der Waals surface area contributed by atoms with E-state index in [0.29, 0.717) is 11.1 Å². The van der Waals surface area contributed by atoms with Gasteiger partial charge in [0.15, 0.2) is 0 Å². The summed E-state index contributed by atoms with van der Waals surface area (Å²) in [6, 6.07) is 8.73. The first-order valence-electron chi connectivity index (χ1n) is 5.71. The van der Waals surface area contributed by atoms with Crippen LogP contribution in [0.15, 0.2) is 47.2 Å². The Labute approximate surface area is 118 Å². The maximum absolute atomic E-state index is 12.2. The monoisotopic (exact) mass is 316 g/mol. The number of nitrogens with zero attached hydrogens (tertiary/aromatic N) is 2. The zero-order valence-electron chi connectivity index (χ0n) is 9.84. The Morgan fingerprint density at radius 2 is 1.89 bits per heavy atom. The van der Waals surface area contributed by atoms with Crippen molar-refractivity contribution in [3.63, 3.8) is 0 Å². The minimum atomic E-state index is -0.259. The highest BCUT2D eigenvalue weighted by Crippen LogP contribution is 2.27. The van der Waals surface area contributed by atoms with Gasteiger partial charge in [0.05, 0.1) is 17.7 Å². The van der Waals surface area contributed by atoms with Crippen LogP contribution in [-0.2, 0) is 6.54 Å². The lowest BCUT2D eigenvalue weighted by molar-refractivity contribution is 0.0642. The highest BCUT2D eigenvalue weighted by molar-refractivity contribution is 9.10. The SMILES string of the molecule is O=C1c2ccc(Br)cc2C(=O)N1Cc1cccnc1. The van der Waals surface area contributed by atoms with Gasteiger partial charge in [0.2, 0.25) is 0 Å². The summed E-state index contributed by atoms with van der Waals surface area (Å²) >= 11 is 3.31. The van der Waals surface area contributed by atoms with Crippen LogP contribution < -0.4 is 0 Å². The molecule has 0 spiro atoms. The molecule has 0 unspecified atom stereocenters. The van der Waals surface area contributed by atoms with E-state index in [-0.39, 0.29) is 18.4 Å². The maximum atomic E-state index is 12.2. The molecule has 3 rings (SSSR count). The molecule has 19 heavy (non-hydrogen) atoms. The van der Waals surface area contributed by atoms with E-state index in [9.17, 15) is 9.59 Å². The van der Waals surface area contributed by atoms with Crippen LogP contribution >= 0.6 is 15.9 Å². The van der Waals surface area contributed by atoms with E-state index in [1.807, 2.05) is 6.07 Å². The largest absolute Gasteiger partial charge is 0.270 e. The second kappa shape index (κ2) is 4.59. The summed E-state index contributed by atoms with van der Waals surface area (Å²) < 4.78 is 0.788. The molecule has 0 saturated heterocycles. The Bertz CT molecular complexity index is 670. The second-order valence-electron chi connectivity index (χ2n) is 4.25. The number of rotatable bonds is 2. The summed E-state index contributed by atoms with van der Waals surface area (Å²) in [5.74, 6) is -0.512. The quantitative estimate of drug-likeness (QED) is 0.800. The number of aromatic nitrogens is 1. The van der Waals surface area contributed by atoms with Crippen LogP contribution in [0.4, 0.5) is 0 Å². The predicted molar refractivity (Wildman–Crippen MR) is 72.6 cm³/mol. The molecule has 1 aliphatic heterocycles. The van der Waals surface area contributed by atoms with Crippen molar-refractivity contribution >= 4 is 27.7 Å². The fourth-order valence-electron chi connectivity index (χ4n) is 2.08. The summed E-state index contributed by atoms with van der Waals surface area (Å²) in [4.78, 5) is 29.6. The van der Waals surface area contributed by atoms with Gasteiger partial charge in [0.25, 0.3) is 11.8 Å². The van der Waals surface area contributed by atoms with Crippen molar-refractivity contribution in [2.75, 3.05) is 0 Å². The molecular formula is C14H9BrN2O2. The summed E-state index contributed by atoms with van der Waals surface area (Å²) in [5, 5.41) is 0. The van der Waals surface area contributed by atoms with E-state index in [1.54, 1.807) is 36.7 Å². The van der Waals surface area contributed by atoms with Gasteiger partial charge >= 0.3 is 0 Å². The number of fused-ring (bicyclic) bond motifs is 1. The van der Waals surface area contributed by atoms with E-state index in [0.717, 1.165) is 10.0 Å². The van der Waals surface area contributed by atoms with Crippen LogP contribution in [0.3, 0.4) is 0 Å². The van der Waals surface area contributed by atoms with Gasteiger partial charge in [-0.05, 0) is 29.8 Å². The molecule has 1 aromatic carbocycles. The summed E-state index contributed by atoms with van der Waals surface area (Å²) in [5.41, 5.74) is 1.73. The number of halogens is 1. The Hall–Kier alpha value is -2.01. The fourth-order valence-corrected chi connectivity index (χ4v) is 2.44. The van der Waals surface area contributed by atoms with Crippen molar-refractivity contribution in [3.8, 4) is 0 Å². The molecule has 2 amide bonds. The summed E-state index contributed by atoms with van der Waals surface area (Å²) in [6.07, 6.45) is 3.31. The highest BCUT2D eigenvalue weighted by Gasteiger charge is 2.35. The number of carbonyl (C=O) groups is 2.